The van der Waals surface area contributed by atoms with E-state index in [1.54, 1.807) is 4.90 Å². The highest BCUT2D eigenvalue weighted by Crippen LogP contribution is 2.05. The highest BCUT2D eigenvalue weighted by Gasteiger charge is 2.17. The zero-order chi connectivity index (χ0) is 26.3. The summed E-state index contributed by atoms with van der Waals surface area (Å²) in [6, 6.07) is -1.22. The molecule has 1 unspecified atom stereocenters. The quantitative estimate of drug-likeness (QED) is 0.0510. The molecule has 35 heavy (non-hydrogen) atoms. The lowest BCUT2D eigenvalue weighted by atomic mass is 10.1. The van der Waals surface area contributed by atoms with E-state index < -0.39 is 12.1 Å². The molecule has 0 heterocycles. The number of rotatable bonds is 22. The van der Waals surface area contributed by atoms with Crippen LogP contribution in [0.15, 0.2) is 5.11 Å². The Labute approximate surface area is 208 Å². The number of carbonyl (C=O) groups excluding carboxylic acids is 3. The van der Waals surface area contributed by atoms with Crippen molar-refractivity contribution in [2.24, 2.45) is 28.0 Å². The second-order valence-electron chi connectivity index (χ2n) is 8.51. The van der Waals surface area contributed by atoms with Crippen molar-refractivity contribution in [1.29, 1.82) is 0 Å². The van der Waals surface area contributed by atoms with Crippen molar-refractivity contribution in [3.63, 3.8) is 0 Å². The van der Waals surface area contributed by atoms with E-state index in [0.717, 1.165) is 32.1 Å². The molecule has 2 atom stereocenters. The summed E-state index contributed by atoms with van der Waals surface area (Å²) in [5, 5.41) is 9.04. The van der Waals surface area contributed by atoms with Crippen LogP contribution in [0.25, 0.3) is 10.4 Å². The van der Waals surface area contributed by atoms with E-state index in [4.69, 9.17) is 28.5 Å². The normalized spacial score (nSPS) is 12.3. The van der Waals surface area contributed by atoms with Crippen molar-refractivity contribution >= 4 is 17.7 Å². The number of nitrogens with zero attached hydrogens (tertiary/aromatic N) is 4. The minimum absolute atomic E-state index is 0.0724. The number of unbranched alkanes of at least 4 members (excludes halogenated alkanes) is 4. The molecule has 3 amide bonds. The van der Waals surface area contributed by atoms with E-state index in [9.17, 15) is 14.4 Å². The van der Waals surface area contributed by atoms with E-state index in [-0.39, 0.29) is 30.8 Å². The smallest absolute Gasteiger partial charge is 0.236 e. The third-order valence-corrected chi connectivity index (χ3v) is 5.54. The largest absolute Gasteiger partial charge is 0.353 e. The predicted molar refractivity (Wildman–Crippen MR) is 137 cm³/mol. The van der Waals surface area contributed by atoms with E-state index in [1.807, 2.05) is 0 Å². The number of hydrogen-bond acceptors (Lipinski definition) is 8. The van der Waals surface area contributed by atoms with Gasteiger partial charge >= 0.3 is 0 Å². The third-order valence-electron chi connectivity index (χ3n) is 5.54. The second kappa shape index (κ2) is 22.1. The molecule has 0 spiro atoms. The molecule has 202 valence electrons. The first kappa shape index (κ1) is 32.6. The van der Waals surface area contributed by atoms with Crippen LogP contribution in [0.2, 0.25) is 0 Å². The first-order valence-corrected chi connectivity index (χ1v) is 12.6. The molecule has 0 radical (unpaired) electrons. The second-order valence-corrected chi connectivity index (χ2v) is 8.51. The molecule has 0 aliphatic carbocycles. The van der Waals surface area contributed by atoms with Crippen molar-refractivity contribution in [3.8, 4) is 0 Å². The molecule has 0 fully saturated rings. The van der Waals surface area contributed by atoms with E-state index in [0.29, 0.717) is 64.8 Å². The molecule has 13 heteroatoms. The molecular weight excluding hydrogens is 452 g/mol. The topological polar surface area (TPSA) is 231 Å². The average molecular weight is 499 g/mol. The highest BCUT2D eigenvalue weighted by molar-refractivity contribution is 5.82. The fourth-order valence-corrected chi connectivity index (χ4v) is 3.37. The van der Waals surface area contributed by atoms with Gasteiger partial charge < -0.3 is 38.5 Å². The lowest BCUT2D eigenvalue weighted by Gasteiger charge is -2.24. The summed E-state index contributed by atoms with van der Waals surface area (Å²) in [4.78, 5) is 41.5. The fourth-order valence-electron chi connectivity index (χ4n) is 3.37. The minimum Gasteiger partial charge on any atom is -0.353 e. The maximum Gasteiger partial charge on any atom is 0.236 e. The Morgan fingerprint density at radius 3 is 1.77 bits per heavy atom. The molecule has 10 N–H and O–H groups in total. The Morgan fingerprint density at radius 2 is 1.31 bits per heavy atom. The van der Waals surface area contributed by atoms with Crippen molar-refractivity contribution in [2.75, 3.05) is 45.8 Å². The summed E-state index contributed by atoms with van der Waals surface area (Å²) in [6.45, 7) is 2.66. The SMILES string of the molecule is [N-]=[N+]=NCCCCCC(=O)N(CCNC(=O)C(N)CCCCN)CCNC(=O)[C@@H](N)CCCCN. The van der Waals surface area contributed by atoms with Crippen molar-refractivity contribution < 1.29 is 14.4 Å². The van der Waals surface area contributed by atoms with Crippen LogP contribution in [0.1, 0.15) is 64.2 Å². The van der Waals surface area contributed by atoms with Crippen molar-refractivity contribution in [1.82, 2.24) is 15.5 Å². The molecular formula is C22H46N10O3. The lowest BCUT2D eigenvalue weighted by molar-refractivity contribution is -0.132. The minimum atomic E-state index is -0.609. The van der Waals surface area contributed by atoms with Gasteiger partial charge in [0.15, 0.2) is 0 Å². The molecule has 0 aromatic rings. The standard InChI is InChI=1S/C22H46N10O3/c23-11-5-3-8-18(25)21(34)28-14-16-32(20(33)10-2-1-7-13-30-31-27)17-15-29-22(35)19(26)9-4-6-12-24/h18-19H,1-17,23-26H2,(H,28,34)(H,29,35)/t18-,19?/m0/s1. The Balaban J connectivity index is 4.62. The maximum absolute atomic E-state index is 12.7. The molecule has 0 saturated heterocycles. The van der Waals surface area contributed by atoms with Crippen LogP contribution in [0.3, 0.4) is 0 Å². The number of nitrogens with two attached hydrogens (primary N) is 4. The van der Waals surface area contributed by atoms with E-state index >= 15 is 0 Å². The van der Waals surface area contributed by atoms with Gasteiger partial charge in [-0.3, -0.25) is 14.4 Å². The van der Waals surface area contributed by atoms with Gasteiger partial charge in [-0.25, -0.2) is 0 Å². The number of hydrogen-bond donors (Lipinski definition) is 6. The molecule has 0 aromatic heterocycles. The zero-order valence-corrected chi connectivity index (χ0v) is 21.0. The maximum atomic E-state index is 12.7. The van der Waals surface area contributed by atoms with Gasteiger partial charge in [0.25, 0.3) is 0 Å². The summed E-state index contributed by atoms with van der Waals surface area (Å²) in [6.07, 6.45) is 6.77. The van der Waals surface area contributed by atoms with Gasteiger partial charge in [-0.15, -0.1) is 0 Å². The summed E-state index contributed by atoms with van der Waals surface area (Å²) >= 11 is 0. The van der Waals surface area contributed by atoms with Crippen LogP contribution in [0.5, 0.6) is 0 Å². The Hall–Kier alpha value is -2.44. The summed E-state index contributed by atoms with van der Waals surface area (Å²) in [5.41, 5.74) is 31.1. The van der Waals surface area contributed by atoms with Crippen LogP contribution in [-0.2, 0) is 14.4 Å². The molecule has 13 nitrogen and oxygen atoms in total. The average Bonchev–Trinajstić information content (AvgIpc) is 2.84. The molecule has 0 bridgehead atoms. The van der Waals surface area contributed by atoms with Gasteiger partial charge in [-0.2, -0.15) is 0 Å². The lowest BCUT2D eigenvalue weighted by Crippen LogP contribution is -2.47. The van der Waals surface area contributed by atoms with Crippen LogP contribution in [0, 0.1) is 0 Å². The molecule has 0 saturated carbocycles. The highest BCUT2D eigenvalue weighted by atomic mass is 16.2. The van der Waals surface area contributed by atoms with E-state index in [1.165, 1.54) is 0 Å². The third kappa shape index (κ3) is 17.6. The Bertz CT molecular complexity index is 609. The Kier molecular flexibility index (Phi) is 20.5. The first-order chi connectivity index (χ1) is 16.9. The zero-order valence-electron chi connectivity index (χ0n) is 21.0. The van der Waals surface area contributed by atoms with Crippen molar-refractivity contribution in [2.45, 2.75) is 76.3 Å². The number of carbonyl (C=O) groups is 3. The number of azide groups is 1. The monoisotopic (exact) mass is 498 g/mol. The van der Waals surface area contributed by atoms with Crippen LogP contribution in [-0.4, -0.2) is 80.5 Å². The van der Waals surface area contributed by atoms with Gasteiger partial charge in [0.1, 0.15) is 0 Å². The fraction of sp³-hybridized carbons (Fsp3) is 0.864. The van der Waals surface area contributed by atoms with Gasteiger partial charge in [0.05, 0.1) is 12.1 Å². The van der Waals surface area contributed by atoms with Crippen LogP contribution < -0.4 is 33.6 Å². The van der Waals surface area contributed by atoms with Crippen molar-refractivity contribution in [3.05, 3.63) is 10.4 Å². The molecule has 0 aromatic carbocycles. The van der Waals surface area contributed by atoms with E-state index in [2.05, 4.69) is 20.7 Å². The summed E-state index contributed by atoms with van der Waals surface area (Å²) < 4.78 is 0. The van der Waals surface area contributed by atoms with Gasteiger partial charge in [-0.1, -0.05) is 24.4 Å². The summed E-state index contributed by atoms with van der Waals surface area (Å²) in [7, 11) is 0. The molecule has 0 rings (SSSR count). The number of amides is 3. The summed E-state index contributed by atoms with van der Waals surface area (Å²) in [5.74, 6) is -0.592. The predicted octanol–water partition coefficient (Wildman–Crippen LogP) is -0.169. The van der Waals surface area contributed by atoms with Gasteiger partial charge in [0.2, 0.25) is 17.7 Å². The van der Waals surface area contributed by atoms with Crippen LogP contribution >= 0.6 is 0 Å². The van der Waals surface area contributed by atoms with Crippen LogP contribution in [0.4, 0.5) is 0 Å². The molecule has 0 aliphatic rings. The first-order valence-electron chi connectivity index (χ1n) is 12.6. The van der Waals surface area contributed by atoms with Gasteiger partial charge in [0, 0.05) is 44.1 Å². The molecule has 0 aliphatic heterocycles. The van der Waals surface area contributed by atoms with Gasteiger partial charge in [-0.05, 0) is 57.1 Å². The number of nitrogens with one attached hydrogen (secondary N) is 2. The Morgan fingerprint density at radius 1 is 0.800 bits per heavy atom.